The summed E-state index contributed by atoms with van der Waals surface area (Å²) in [5, 5.41) is 2.76. The molecule has 3 aromatic rings. The largest absolute Gasteiger partial charge is 0.322 e. The van der Waals surface area contributed by atoms with Crippen LogP contribution in [0.4, 0.5) is 11.4 Å². The van der Waals surface area contributed by atoms with Gasteiger partial charge < -0.3 is 5.32 Å². The maximum absolute atomic E-state index is 13.4. The average Bonchev–Trinajstić information content (AvgIpc) is 2.78. The first-order chi connectivity index (χ1) is 15.2. The fourth-order valence-electron chi connectivity index (χ4n) is 3.03. The van der Waals surface area contributed by atoms with Crippen molar-refractivity contribution in [2.75, 3.05) is 16.2 Å². The zero-order chi connectivity index (χ0) is 23.3. The van der Waals surface area contributed by atoms with Gasteiger partial charge in [-0.05, 0) is 49.4 Å². The topological polar surface area (TPSA) is 83.6 Å². The number of sulfonamides is 1. The second-order valence-electron chi connectivity index (χ2n) is 6.89. The van der Waals surface area contributed by atoms with Gasteiger partial charge in [-0.1, -0.05) is 48.0 Å². The molecule has 1 N–H and O–H groups in total. The number of carbonyl (C=O) groups excluding carboxylic acids is 2. The molecule has 0 aromatic heterocycles. The van der Waals surface area contributed by atoms with Crippen LogP contribution < -0.4 is 9.62 Å². The van der Waals surface area contributed by atoms with E-state index in [0.717, 1.165) is 0 Å². The third-order valence-electron chi connectivity index (χ3n) is 4.64. The molecule has 0 heterocycles. The fraction of sp³-hybridized carbons (Fsp3) is 0.0833. The lowest BCUT2D eigenvalue weighted by molar-refractivity contribution is 0.101. The number of carbonyl (C=O) groups is 2. The zero-order valence-electron chi connectivity index (χ0n) is 17.3. The molecule has 0 atom stereocenters. The summed E-state index contributed by atoms with van der Waals surface area (Å²) >= 11 is 6.21. The monoisotopic (exact) mass is 468 g/mol. The normalized spacial score (nSPS) is 10.9. The van der Waals surface area contributed by atoms with Gasteiger partial charge in [0.15, 0.2) is 5.78 Å². The first-order valence-corrected chi connectivity index (χ1v) is 11.5. The molecule has 0 bridgehead atoms. The van der Waals surface area contributed by atoms with Crippen molar-refractivity contribution in [1.82, 2.24) is 0 Å². The van der Waals surface area contributed by atoms with Crippen LogP contribution in [0.15, 0.2) is 90.3 Å². The van der Waals surface area contributed by atoms with Crippen molar-refractivity contribution < 1.29 is 18.0 Å². The Labute approximate surface area is 192 Å². The molecule has 0 saturated heterocycles. The minimum atomic E-state index is -4.00. The molecule has 0 aliphatic carbocycles. The van der Waals surface area contributed by atoms with E-state index in [2.05, 4.69) is 11.9 Å². The second-order valence-corrected chi connectivity index (χ2v) is 9.16. The number of nitrogens with zero attached hydrogens (tertiary/aromatic N) is 1. The first-order valence-electron chi connectivity index (χ1n) is 9.64. The third-order valence-corrected chi connectivity index (χ3v) is 6.76. The van der Waals surface area contributed by atoms with Crippen LogP contribution in [0.5, 0.6) is 0 Å². The molecule has 3 aromatic carbocycles. The van der Waals surface area contributed by atoms with E-state index < -0.39 is 15.9 Å². The van der Waals surface area contributed by atoms with Gasteiger partial charge in [-0.25, -0.2) is 8.42 Å². The predicted octanol–water partition coefficient (Wildman–Crippen LogP) is 5.18. The molecule has 6 nitrogen and oxygen atoms in total. The number of para-hydroxylation sites is 1. The average molecular weight is 469 g/mol. The molecular formula is C24H21ClN2O4S. The Bertz CT molecular complexity index is 1270. The molecule has 0 unspecified atom stereocenters. The summed E-state index contributed by atoms with van der Waals surface area (Å²) in [7, 11) is -4.00. The second kappa shape index (κ2) is 9.80. The molecule has 3 rings (SSSR count). The molecular weight excluding hydrogens is 448 g/mol. The van der Waals surface area contributed by atoms with Crippen molar-refractivity contribution in [1.29, 1.82) is 0 Å². The number of Topliss-reactive ketones (excluding diaryl/α,β-unsaturated/α-hetero) is 1. The number of amides is 1. The molecule has 0 aliphatic rings. The summed E-state index contributed by atoms with van der Waals surface area (Å²) in [4.78, 5) is 24.4. The number of halogens is 1. The van der Waals surface area contributed by atoms with E-state index in [1.165, 1.54) is 41.6 Å². The summed E-state index contributed by atoms with van der Waals surface area (Å²) < 4.78 is 27.9. The van der Waals surface area contributed by atoms with Gasteiger partial charge in [-0.2, -0.15) is 0 Å². The van der Waals surface area contributed by atoms with Gasteiger partial charge in [0.25, 0.3) is 15.9 Å². The predicted molar refractivity (Wildman–Crippen MR) is 127 cm³/mol. The Hall–Kier alpha value is -3.42. The first kappa shape index (κ1) is 23.2. The van der Waals surface area contributed by atoms with Crippen LogP contribution in [-0.2, 0) is 10.0 Å². The fourth-order valence-corrected chi connectivity index (χ4v) is 4.70. The van der Waals surface area contributed by atoms with Gasteiger partial charge >= 0.3 is 0 Å². The molecule has 8 heteroatoms. The number of anilines is 2. The Kier molecular flexibility index (Phi) is 7.12. The Balaban J connectivity index is 1.97. The summed E-state index contributed by atoms with van der Waals surface area (Å²) in [5.74, 6) is -0.738. The summed E-state index contributed by atoms with van der Waals surface area (Å²) in [6, 6.07) is 19.0. The van der Waals surface area contributed by atoms with Gasteiger partial charge in [-0.15, -0.1) is 6.58 Å². The van der Waals surface area contributed by atoms with Crippen molar-refractivity contribution in [3.8, 4) is 0 Å². The van der Waals surface area contributed by atoms with E-state index in [0.29, 0.717) is 16.9 Å². The van der Waals surface area contributed by atoms with Crippen molar-refractivity contribution in [3.05, 3.63) is 102 Å². The highest BCUT2D eigenvalue weighted by Crippen LogP contribution is 2.27. The van der Waals surface area contributed by atoms with Gasteiger partial charge in [0, 0.05) is 11.3 Å². The minimum absolute atomic E-state index is 0.00687. The van der Waals surface area contributed by atoms with E-state index in [-0.39, 0.29) is 27.8 Å². The van der Waals surface area contributed by atoms with E-state index in [1.807, 2.05) is 0 Å². The van der Waals surface area contributed by atoms with Gasteiger partial charge in [-0.3, -0.25) is 13.9 Å². The third kappa shape index (κ3) is 5.07. The standard InChI is InChI=1S/C24H21ClN2O4S/c1-3-14-27(20-10-5-4-6-11-20)32(30,31)21-12-13-23(25)22(16-21)24(29)26-19-9-7-8-18(15-19)17(2)28/h3-13,15-16H,1,14H2,2H3,(H,26,29). The lowest BCUT2D eigenvalue weighted by Gasteiger charge is -2.23. The van der Waals surface area contributed by atoms with Crippen LogP contribution in [0.2, 0.25) is 5.02 Å². The lowest BCUT2D eigenvalue weighted by atomic mass is 10.1. The van der Waals surface area contributed by atoms with Crippen LogP contribution in [0.1, 0.15) is 27.6 Å². The minimum Gasteiger partial charge on any atom is -0.322 e. The van der Waals surface area contributed by atoms with Crippen LogP contribution in [0, 0.1) is 0 Å². The van der Waals surface area contributed by atoms with E-state index in [1.54, 1.807) is 48.5 Å². The molecule has 0 spiro atoms. The Morgan fingerprint density at radius 2 is 1.75 bits per heavy atom. The number of nitrogens with one attached hydrogen (secondary N) is 1. The summed E-state index contributed by atoms with van der Waals surface area (Å²) in [6.07, 6.45) is 1.48. The SMILES string of the molecule is C=CCN(c1ccccc1)S(=O)(=O)c1ccc(Cl)c(C(=O)Nc2cccc(C(C)=O)c2)c1. The van der Waals surface area contributed by atoms with Crippen molar-refractivity contribution in [2.24, 2.45) is 0 Å². The highest BCUT2D eigenvalue weighted by Gasteiger charge is 2.26. The number of rotatable bonds is 8. The van der Waals surface area contributed by atoms with Crippen molar-refractivity contribution in [2.45, 2.75) is 11.8 Å². The van der Waals surface area contributed by atoms with Gasteiger partial charge in [0.2, 0.25) is 0 Å². The molecule has 32 heavy (non-hydrogen) atoms. The van der Waals surface area contributed by atoms with E-state index in [9.17, 15) is 18.0 Å². The summed E-state index contributed by atoms with van der Waals surface area (Å²) in [5.41, 5.74) is 1.29. The number of hydrogen-bond acceptors (Lipinski definition) is 4. The molecule has 0 saturated carbocycles. The maximum Gasteiger partial charge on any atom is 0.264 e. The summed E-state index contributed by atoms with van der Waals surface area (Å²) in [6.45, 7) is 5.12. The van der Waals surface area contributed by atoms with E-state index >= 15 is 0 Å². The molecule has 0 fully saturated rings. The van der Waals surface area contributed by atoms with Crippen LogP contribution in [-0.4, -0.2) is 26.7 Å². The van der Waals surface area contributed by atoms with Gasteiger partial charge in [0.05, 0.1) is 27.7 Å². The number of benzene rings is 3. The molecule has 0 radical (unpaired) electrons. The Morgan fingerprint density at radius 3 is 2.41 bits per heavy atom. The van der Waals surface area contributed by atoms with Crippen molar-refractivity contribution in [3.63, 3.8) is 0 Å². The number of hydrogen-bond donors (Lipinski definition) is 1. The zero-order valence-corrected chi connectivity index (χ0v) is 18.9. The Morgan fingerprint density at radius 1 is 1.03 bits per heavy atom. The lowest BCUT2D eigenvalue weighted by Crippen LogP contribution is -2.31. The van der Waals surface area contributed by atoms with Crippen molar-refractivity contribution >= 4 is 44.7 Å². The smallest absolute Gasteiger partial charge is 0.264 e. The van der Waals surface area contributed by atoms with Crippen LogP contribution in [0.25, 0.3) is 0 Å². The maximum atomic E-state index is 13.4. The highest BCUT2D eigenvalue weighted by atomic mass is 35.5. The molecule has 0 aliphatic heterocycles. The van der Waals surface area contributed by atoms with Crippen LogP contribution >= 0.6 is 11.6 Å². The van der Waals surface area contributed by atoms with E-state index in [4.69, 9.17) is 11.6 Å². The number of ketones is 1. The van der Waals surface area contributed by atoms with Gasteiger partial charge in [0.1, 0.15) is 0 Å². The quantitative estimate of drug-likeness (QED) is 0.365. The molecule has 1 amide bonds. The van der Waals surface area contributed by atoms with Crippen LogP contribution in [0.3, 0.4) is 0 Å². The highest BCUT2D eigenvalue weighted by molar-refractivity contribution is 7.92. The molecule has 164 valence electrons.